The van der Waals surface area contributed by atoms with Crippen molar-refractivity contribution in [3.05, 3.63) is 63.4 Å². The molecule has 3 rings (SSSR count). The molecule has 1 aromatic carbocycles. The Bertz CT molecular complexity index is 1000. The van der Waals surface area contributed by atoms with Gasteiger partial charge in [0, 0.05) is 44.1 Å². The summed E-state index contributed by atoms with van der Waals surface area (Å²) in [5.41, 5.74) is 13.0. The molecule has 0 bridgehead atoms. The number of benzene rings is 1. The topological polar surface area (TPSA) is 57.6 Å². The van der Waals surface area contributed by atoms with Gasteiger partial charge in [-0.3, -0.25) is 0 Å². The molecule has 0 unspecified atom stereocenters. The Balaban J connectivity index is 2.33. The number of aromatic nitrogens is 2. The zero-order valence-corrected chi connectivity index (χ0v) is 13.3. The number of nitrogens with two attached hydrogens (primary N) is 1. The first-order valence-corrected chi connectivity index (χ1v) is 7.31. The molecule has 2 heterocycles. The molecule has 0 aliphatic rings. The Morgan fingerprint density at radius 3 is 2.55 bits per heavy atom. The number of aryl methyl sites for hydroxylation is 2. The van der Waals surface area contributed by atoms with Crippen LogP contribution in [0.4, 0.5) is 0 Å². The first kappa shape index (κ1) is 14.3. The van der Waals surface area contributed by atoms with Gasteiger partial charge in [0.15, 0.2) is 0 Å². The van der Waals surface area contributed by atoms with Crippen molar-refractivity contribution in [2.75, 3.05) is 0 Å². The van der Waals surface area contributed by atoms with Crippen LogP contribution in [0.25, 0.3) is 29.3 Å². The van der Waals surface area contributed by atoms with Gasteiger partial charge in [0.1, 0.15) is 0 Å². The van der Waals surface area contributed by atoms with Crippen LogP contribution < -0.4 is 16.3 Å². The second-order valence-corrected chi connectivity index (χ2v) is 5.90. The van der Waals surface area contributed by atoms with E-state index >= 15 is 0 Å². The number of fused-ring (bicyclic) bond motifs is 1. The quantitative estimate of drug-likeness (QED) is 0.668. The number of rotatable bonds is 2. The maximum absolute atomic E-state index is 5.90. The van der Waals surface area contributed by atoms with Gasteiger partial charge in [0.2, 0.25) is 0 Å². The standard InChI is InChI=1S/C19H21N3/c1-10-6-7-17-16(8-10)15(13(4)21-17)9-18-11(2)19(12(3)20)14(5)22-18/h6-9,21-22H,3-4,20H2,1-2,5H3/b15-9+. The summed E-state index contributed by atoms with van der Waals surface area (Å²) in [5, 5.41) is 3.21. The van der Waals surface area contributed by atoms with Gasteiger partial charge in [-0.05, 0) is 44.5 Å². The second kappa shape index (κ2) is 4.95. The third-order valence-corrected chi connectivity index (χ3v) is 4.16. The fourth-order valence-corrected chi connectivity index (χ4v) is 3.09. The lowest BCUT2D eigenvalue weighted by atomic mass is 10.1. The highest BCUT2D eigenvalue weighted by atomic mass is 14.7. The normalized spacial score (nSPS) is 12.2. The van der Waals surface area contributed by atoms with Gasteiger partial charge >= 0.3 is 0 Å². The summed E-state index contributed by atoms with van der Waals surface area (Å²) in [6.07, 6.45) is 2.13. The van der Waals surface area contributed by atoms with Crippen LogP contribution in [0.1, 0.15) is 28.1 Å². The molecule has 3 nitrogen and oxygen atoms in total. The van der Waals surface area contributed by atoms with Crippen molar-refractivity contribution in [3.63, 3.8) is 0 Å². The lowest BCUT2D eigenvalue weighted by Gasteiger charge is -1.99. The van der Waals surface area contributed by atoms with Crippen molar-refractivity contribution in [1.82, 2.24) is 9.97 Å². The average molecular weight is 291 g/mol. The van der Waals surface area contributed by atoms with Gasteiger partial charge in [-0.25, -0.2) is 0 Å². The van der Waals surface area contributed by atoms with E-state index in [4.69, 9.17) is 5.73 Å². The van der Waals surface area contributed by atoms with Gasteiger partial charge < -0.3 is 15.7 Å². The van der Waals surface area contributed by atoms with Gasteiger partial charge in [-0.1, -0.05) is 24.8 Å². The van der Waals surface area contributed by atoms with E-state index in [1.165, 1.54) is 10.9 Å². The summed E-state index contributed by atoms with van der Waals surface area (Å²) < 4.78 is 0. The largest absolute Gasteiger partial charge is 0.399 e. The minimum absolute atomic E-state index is 0.593. The van der Waals surface area contributed by atoms with Gasteiger partial charge in [0.05, 0.1) is 0 Å². The summed E-state index contributed by atoms with van der Waals surface area (Å²) >= 11 is 0. The predicted molar refractivity (Wildman–Crippen MR) is 94.9 cm³/mol. The molecule has 0 aliphatic carbocycles. The third kappa shape index (κ3) is 2.15. The van der Waals surface area contributed by atoms with Crippen molar-refractivity contribution in [2.45, 2.75) is 20.8 Å². The third-order valence-electron chi connectivity index (χ3n) is 4.16. The van der Waals surface area contributed by atoms with E-state index in [1.807, 2.05) is 6.92 Å². The molecule has 3 heteroatoms. The van der Waals surface area contributed by atoms with Crippen LogP contribution in [0.2, 0.25) is 0 Å². The summed E-state index contributed by atoms with van der Waals surface area (Å²) in [7, 11) is 0. The minimum Gasteiger partial charge on any atom is -0.399 e. The Labute approximate surface area is 129 Å². The number of nitrogens with one attached hydrogen (secondary N) is 2. The van der Waals surface area contributed by atoms with Crippen molar-refractivity contribution >= 4 is 29.3 Å². The van der Waals surface area contributed by atoms with Crippen LogP contribution in [0.15, 0.2) is 24.8 Å². The predicted octanol–water partition coefficient (Wildman–Crippen LogP) is 2.59. The summed E-state index contributed by atoms with van der Waals surface area (Å²) in [6, 6.07) is 6.37. The fraction of sp³-hybridized carbons (Fsp3) is 0.158. The molecule has 4 N–H and O–H groups in total. The molecule has 3 aromatic rings. The van der Waals surface area contributed by atoms with Crippen LogP contribution in [-0.2, 0) is 0 Å². The van der Waals surface area contributed by atoms with E-state index in [-0.39, 0.29) is 0 Å². The smallest absolute Gasteiger partial charge is 0.0464 e. The molecule has 2 aromatic heterocycles. The number of hydrogen-bond donors (Lipinski definition) is 3. The molecule has 0 fully saturated rings. The van der Waals surface area contributed by atoms with Crippen LogP contribution >= 0.6 is 0 Å². The summed E-state index contributed by atoms with van der Waals surface area (Å²) in [5.74, 6) is 0. The summed E-state index contributed by atoms with van der Waals surface area (Å²) in [4.78, 5) is 6.74. The van der Waals surface area contributed by atoms with Crippen molar-refractivity contribution in [3.8, 4) is 0 Å². The molecule has 0 saturated heterocycles. The molecular formula is C19H21N3. The second-order valence-electron chi connectivity index (χ2n) is 5.90. The van der Waals surface area contributed by atoms with Crippen LogP contribution in [0.3, 0.4) is 0 Å². The number of hydrogen-bond acceptors (Lipinski definition) is 1. The number of aromatic amines is 2. The van der Waals surface area contributed by atoms with E-state index in [0.29, 0.717) is 5.70 Å². The summed E-state index contributed by atoms with van der Waals surface area (Å²) in [6.45, 7) is 14.2. The molecule has 0 atom stereocenters. The lowest BCUT2D eigenvalue weighted by Crippen LogP contribution is -2.21. The van der Waals surface area contributed by atoms with Crippen molar-refractivity contribution < 1.29 is 0 Å². The van der Waals surface area contributed by atoms with Crippen LogP contribution in [0, 0.1) is 20.8 Å². The fourth-order valence-electron chi connectivity index (χ4n) is 3.09. The van der Waals surface area contributed by atoms with Crippen LogP contribution in [0.5, 0.6) is 0 Å². The molecule has 0 amide bonds. The van der Waals surface area contributed by atoms with E-state index in [0.717, 1.165) is 38.6 Å². The Kier molecular flexibility index (Phi) is 3.21. The molecule has 0 spiro atoms. The Hall–Kier alpha value is -2.68. The molecule has 22 heavy (non-hydrogen) atoms. The molecular weight excluding hydrogens is 270 g/mol. The van der Waals surface area contributed by atoms with E-state index in [1.54, 1.807) is 0 Å². The number of H-pyrrole nitrogens is 2. The zero-order valence-electron chi connectivity index (χ0n) is 13.3. The highest BCUT2D eigenvalue weighted by Crippen LogP contribution is 2.22. The molecule has 0 radical (unpaired) electrons. The maximum atomic E-state index is 5.90. The van der Waals surface area contributed by atoms with E-state index < -0.39 is 0 Å². The highest BCUT2D eigenvalue weighted by molar-refractivity contribution is 5.83. The molecule has 0 saturated carbocycles. The van der Waals surface area contributed by atoms with Gasteiger partial charge in [-0.2, -0.15) is 0 Å². The van der Waals surface area contributed by atoms with E-state index in [9.17, 15) is 0 Å². The average Bonchev–Trinajstić information content (AvgIpc) is 2.88. The first-order valence-electron chi connectivity index (χ1n) is 7.31. The van der Waals surface area contributed by atoms with Gasteiger partial charge in [0.25, 0.3) is 0 Å². The molecule has 0 aliphatic heterocycles. The van der Waals surface area contributed by atoms with Gasteiger partial charge in [-0.15, -0.1) is 0 Å². The SMILES string of the molecule is C=C(N)c1c(C)[nH]c(/C=c2\c(=C)[nH]c3ccc(C)cc23)c1C. The minimum atomic E-state index is 0.593. The molecule has 112 valence electrons. The van der Waals surface area contributed by atoms with Crippen molar-refractivity contribution in [2.24, 2.45) is 5.73 Å². The monoisotopic (exact) mass is 291 g/mol. The van der Waals surface area contributed by atoms with Crippen molar-refractivity contribution in [1.29, 1.82) is 0 Å². The first-order chi connectivity index (χ1) is 10.4. The highest BCUT2D eigenvalue weighted by Gasteiger charge is 2.11. The zero-order chi connectivity index (χ0) is 16.0. The van der Waals surface area contributed by atoms with Crippen LogP contribution in [-0.4, -0.2) is 9.97 Å². The Morgan fingerprint density at radius 1 is 1.18 bits per heavy atom. The van der Waals surface area contributed by atoms with E-state index in [2.05, 4.69) is 61.2 Å². The maximum Gasteiger partial charge on any atom is 0.0464 e. The Morgan fingerprint density at radius 2 is 1.91 bits per heavy atom. The lowest BCUT2D eigenvalue weighted by molar-refractivity contribution is 1.23.